The van der Waals surface area contributed by atoms with Crippen molar-refractivity contribution < 1.29 is 22.7 Å². The predicted octanol–water partition coefficient (Wildman–Crippen LogP) is 3.05. The second-order valence-electron chi connectivity index (χ2n) is 6.77. The molecule has 0 aliphatic carbocycles. The van der Waals surface area contributed by atoms with Crippen molar-refractivity contribution in [3.05, 3.63) is 53.6 Å². The number of hydrogen-bond acceptors (Lipinski definition) is 5. The van der Waals surface area contributed by atoms with Crippen LogP contribution in [-0.4, -0.2) is 41.3 Å². The van der Waals surface area contributed by atoms with Gasteiger partial charge in [-0.3, -0.25) is 9.10 Å². The van der Waals surface area contributed by atoms with Crippen LogP contribution in [0, 0.1) is 6.92 Å². The van der Waals surface area contributed by atoms with Crippen LogP contribution < -0.4 is 19.1 Å². The van der Waals surface area contributed by atoms with E-state index in [2.05, 4.69) is 5.32 Å². The molecule has 1 N–H and O–H groups in total. The fraction of sp³-hybridized carbons (Fsp3) is 0.381. The minimum Gasteiger partial charge on any atom is -0.496 e. The van der Waals surface area contributed by atoms with Crippen molar-refractivity contribution in [1.82, 2.24) is 5.32 Å². The first kappa shape index (κ1) is 22.5. The highest BCUT2D eigenvalue weighted by Gasteiger charge is 2.15. The van der Waals surface area contributed by atoms with Gasteiger partial charge in [0.2, 0.25) is 10.0 Å². The molecule has 2 aromatic rings. The van der Waals surface area contributed by atoms with Gasteiger partial charge in [0, 0.05) is 7.05 Å². The normalized spacial score (nSPS) is 12.2. The molecule has 0 bridgehead atoms. The lowest BCUT2D eigenvalue weighted by Crippen LogP contribution is -2.32. The lowest BCUT2D eigenvalue weighted by molar-refractivity contribution is -0.123. The highest BCUT2D eigenvalue weighted by molar-refractivity contribution is 7.92. The number of nitrogens with one attached hydrogen (secondary N) is 1. The van der Waals surface area contributed by atoms with Crippen LogP contribution in [0.25, 0.3) is 0 Å². The second-order valence-corrected chi connectivity index (χ2v) is 8.78. The molecule has 1 atom stereocenters. The van der Waals surface area contributed by atoms with Crippen LogP contribution in [0.3, 0.4) is 0 Å². The number of nitrogens with zero attached hydrogens (tertiary/aromatic N) is 1. The van der Waals surface area contributed by atoms with Crippen LogP contribution in [0.5, 0.6) is 11.5 Å². The molecule has 0 heterocycles. The SMILES string of the molecule is CC[C@H](NC(=O)COc1ccc(N(C)S(C)(=O)=O)cc1)c1ccc(OC)c(C)c1. The summed E-state index contributed by atoms with van der Waals surface area (Å²) < 4.78 is 35.1. The molecule has 158 valence electrons. The van der Waals surface area contributed by atoms with E-state index in [1.165, 1.54) is 11.4 Å². The van der Waals surface area contributed by atoms with Crippen LogP contribution >= 0.6 is 0 Å². The molecule has 0 aliphatic rings. The van der Waals surface area contributed by atoms with Gasteiger partial charge in [-0.05, 0) is 54.8 Å². The van der Waals surface area contributed by atoms with Gasteiger partial charge in [0.05, 0.1) is 25.1 Å². The summed E-state index contributed by atoms with van der Waals surface area (Å²) in [6.07, 6.45) is 1.88. The van der Waals surface area contributed by atoms with E-state index in [0.717, 1.165) is 29.6 Å². The van der Waals surface area contributed by atoms with Crippen LogP contribution in [-0.2, 0) is 14.8 Å². The summed E-state index contributed by atoms with van der Waals surface area (Å²) in [5.41, 5.74) is 2.53. The van der Waals surface area contributed by atoms with E-state index in [0.29, 0.717) is 11.4 Å². The van der Waals surface area contributed by atoms with E-state index in [1.807, 2.05) is 32.0 Å². The fourth-order valence-electron chi connectivity index (χ4n) is 2.87. The van der Waals surface area contributed by atoms with Crippen molar-refractivity contribution in [3.63, 3.8) is 0 Å². The predicted molar refractivity (Wildman–Crippen MR) is 114 cm³/mol. The fourth-order valence-corrected chi connectivity index (χ4v) is 3.37. The third-order valence-corrected chi connectivity index (χ3v) is 5.84. The van der Waals surface area contributed by atoms with E-state index in [-0.39, 0.29) is 18.6 Å². The minimum absolute atomic E-state index is 0.124. The molecule has 2 aromatic carbocycles. The molecule has 1 amide bonds. The van der Waals surface area contributed by atoms with Crippen molar-refractivity contribution in [3.8, 4) is 11.5 Å². The van der Waals surface area contributed by atoms with Crippen LogP contribution in [0.1, 0.15) is 30.5 Å². The zero-order valence-corrected chi connectivity index (χ0v) is 18.2. The Morgan fingerprint density at radius 2 is 1.83 bits per heavy atom. The van der Waals surface area contributed by atoms with Crippen molar-refractivity contribution in [1.29, 1.82) is 0 Å². The summed E-state index contributed by atoms with van der Waals surface area (Å²) in [4.78, 5) is 12.3. The Balaban J connectivity index is 1.95. The van der Waals surface area contributed by atoms with Gasteiger partial charge in [0.1, 0.15) is 11.5 Å². The van der Waals surface area contributed by atoms with E-state index >= 15 is 0 Å². The summed E-state index contributed by atoms with van der Waals surface area (Å²) in [7, 11) is -0.219. The van der Waals surface area contributed by atoms with Crippen molar-refractivity contribution in [2.75, 3.05) is 31.3 Å². The largest absolute Gasteiger partial charge is 0.496 e. The summed E-state index contributed by atoms with van der Waals surface area (Å²) in [5.74, 6) is 1.06. The molecule has 0 aromatic heterocycles. The highest BCUT2D eigenvalue weighted by atomic mass is 32.2. The number of carbonyl (C=O) groups is 1. The number of anilines is 1. The maximum atomic E-state index is 12.3. The lowest BCUT2D eigenvalue weighted by Gasteiger charge is -2.19. The van der Waals surface area contributed by atoms with Gasteiger partial charge in [-0.25, -0.2) is 8.42 Å². The van der Waals surface area contributed by atoms with Gasteiger partial charge in [-0.2, -0.15) is 0 Å². The maximum Gasteiger partial charge on any atom is 0.258 e. The Morgan fingerprint density at radius 3 is 2.34 bits per heavy atom. The first-order chi connectivity index (χ1) is 13.7. The van der Waals surface area contributed by atoms with Crippen LogP contribution in [0.4, 0.5) is 5.69 Å². The number of carbonyl (C=O) groups excluding carboxylic acids is 1. The van der Waals surface area contributed by atoms with Crippen molar-refractivity contribution in [2.24, 2.45) is 0 Å². The third-order valence-electron chi connectivity index (χ3n) is 4.63. The minimum atomic E-state index is -3.32. The van der Waals surface area contributed by atoms with E-state index < -0.39 is 10.0 Å². The Labute approximate surface area is 172 Å². The molecule has 0 aliphatic heterocycles. The number of hydrogen-bond donors (Lipinski definition) is 1. The molecule has 7 nitrogen and oxygen atoms in total. The summed E-state index contributed by atoms with van der Waals surface area (Å²) in [6, 6.07) is 12.2. The first-order valence-electron chi connectivity index (χ1n) is 9.26. The lowest BCUT2D eigenvalue weighted by atomic mass is 10.0. The highest BCUT2D eigenvalue weighted by Crippen LogP contribution is 2.24. The summed E-state index contributed by atoms with van der Waals surface area (Å²) in [5, 5.41) is 2.98. The average molecular weight is 421 g/mol. The average Bonchev–Trinajstić information content (AvgIpc) is 2.69. The molecule has 29 heavy (non-hydrogen) atoms. The van der Waals surface area contributed by atoms with Gasteiger partial charge in [-0.15, -0.1) is 0 Å². The summed E-state index contributed by atoms with van der Waals surface area (Å²) >= 11 is 0. The van der Waals surface area contributed by atoms with Gasteiger partial charge < -0.3 is 14.8 Å². The van der Waals surface area contributed by atoms with Gasteiger partial charge in [0.25, 0.3) is 5.91 Å². The molecule has 0 saturated heterocycles. The number of methoxy groups -OCH3 is 1. The monoisotopic (exact) mass is 420 g/mol. The zero-order valence-electron chi connectivity index (χ0n) is 17.4. The Morgan fingerprint density at radius 1 is 1.17 bits per heavy atom. The third kappa shape index (κ3) is 6.12. The number of rotatable bonds is 9. The quantitative estimate of drug-likeness (QED) is 0.674. The Kier molecular flexibility index (Phi) is 7.50. The first-order valence-corrected chi connectivity index (χ1v) is 11.1. The molecule has 0 fully saturated rings. The molecule has 8 heteroatoms. The molecular formula is C21H28N2O5S. The van der Waals surface area contributed by atoms with Gasteiger partial charge in [-0.1, -0.05) is 19.1 Å². The smallest absolute Gasteiger partial charge is 0.258 e. The second kappa shape index (κ2) is 9.65. The number of amides is 1. The molecule has 0 spiro atoms. The van der Waals surface area contributed by atoms with E-state index in [4.69, 9.17) is 9.47 Å². The topological polar surface area (TPSA) is 84.9 Å². The van der Waals surface area contributed by atoms with Crippen LogP contribution in [0.15, 0.2) is 42.5 Å². The molecular weight excluding hydrogens is 392 g/mol. The molecule has 2 rings (SSSR count). The van der Waals surface area contributed by atoms with Crippen molar-refractivity contribution in [2.45, 2.75) is 26.3 Å². The number of sulfonamides is 1. The van der Waals surface area contributed by atoms with E-state index in [9.17, 15) is 13.2 Å². The molecule has 0 radical (unpaired) electrons. The standard InChI is InChI=1S/C21H28N2O5S/c1-6-19(16-7-12-20(27-4)15(2)13-16)22-21(24)14-28-18-10-8-17(9-11-18)23(3)29(5,25)26/h7-13,19H,6,14H2,1-5H3,(H,22,24)/t19-/m0/s1. The number of aryl methyl sites for hydroxylation is 1. The number of ether oxygens (including phenoxy) is 2. The van der Waals surface area contributed by atoms with Crippen LogP contribution in [0.2, 0.25) is 0 Å². The maximum absolute atomic E-state index is 12.3. The molecule has 0 unspecified atom stereocenters. The van der Waals surface area contributed by atoms with Gasteiger partial charge in [0.15, 0.2) is 6.61 Å². The van der Waals surface area contributed by atoms with E-state index in [1.54, 1.807) is 31.4 Å². The Bertz CT molecular complexity index is 942. The zero-order chi connectivity index (χ0) is 21.6. The van der Waals surface area contributed by atoms with Gasteiger partial charge >= 0.3 is 0 Å². The van der Waals surface area contributed by atoms with Crippen molar-refractivity contribution >= 4 is 21.6 Å². The Hall–Kier alpha value is -2.74. The molecule has 0 saturated carbocycles. The number of benzene rings is 2. The summed E-state index contributed by atoms with van der Waals surface area (Å²) in [6.45, 7) is 3.83.